The number of hydrogen-bond acceptors (Lipinski definition) is 5. The van der Waals surface area contributed by atoms with Gasteiger partial charge in [-0.25, -0.2) is 4.79 Å². The molecule has 7 heteroatoms. The Hall–Kier alpha value is -1.73. The van der Waals surface area contributed by atoms with E-state index in [9.17, 15) is 9.59 Å². The molecule has 1 heterocycles. The average molecular weight is 408 g/mol. The molecule has 1 N–H and O–H groups in total. The van der Waals surface area contributed by atoms with Crippen LogP contribution in [0.25, 0.3) is 0 Å². The lowest BCUT2D eigenvalue weighted by atomic mass is 10.1. The predicted molar refractivity (Wildman–Crippen MR) is 114 cm³/mol. The molecular formula is C21H33N3O3S. The number of nitrogens with one attached hydrogen (secondary N) is 1. The lowest BCUT2D eigenvalue weighted by molar-refractivity contribution is -0.133. The number of likely N-dealkylation sites (N-methyl/N-ethyl adjacent to an activating group) is 1. The predicted octanol–water partition coefficient (Wildman–Crippen LogP) is 3.23. The normalized spacial score (nSPS) is 16.5. The van der Waals surface area contributed by atoms with Crippen LogP contribution in [0.5, 0.6) is 0 Å². The highest BCUT2D eigenvalue weighted by Gasteiger charge is 2.23. The first-order valence-corrected chi connectivity index (χ1v) is 10.9. The van der Waals surface area contributed by atoms with Crippen molar-refractivity contribution in [2.75, 3.05) is 39.0 Å². The minimum absolute atomic E-state index is 0.128. The molecule has 0 aromatic heterocycles. The van der Waals surface area contributed by atoms with Gasteiger partial charge in [-0.15, -0.1) is 11.8 Å². The van der Waals surface area contributed by atoms with Crippen LogP contribution in [0.4, 0.5) is 4.79 Å². The van der Waals surface area contributed by atoms with E-state index in [1.165, 1.54) is 0 Å². The second-order valence-corrected chi connectivity index (χ2v) is 9.28. The molecule has 0 radical (unpaired) electrons. The van der Waals surface area contributed by atoms with E-state index in [1.807, 2.05) is 56.0 Å². The van der Waals surface area contributed by atoms with Crippen molar-refractivity contribution >= 4 is 23.8 Å². The summed E-state index contributed by atoms with van der Waals surface area (Å²) in [5, 5.41) is 2.95. The number of hydrogen-bond donors (Lipinski definition) is 1. The number of nitrogens with zero attached hydrogens (tertiary/aromatic N) is 2. The summed E-state index contributed by atoms with van der Waals surface area (Å²) in [6.07, 6.45) is 0.599. The summed E-state index contributed by atoms with van der Waals surface area (Å²) in [6.45, 7) is 8.91. The maximum absolute atomic E-state index is 12.6. The van der Waals surface area contributed by atoms with Gasteiger partial charge in [0.05, 0.1) is 0 Å². The third kappa shape index (κ3) is 8.52. The average Bonchev–Trinajstić information content (AvgIpc) is 2.63. The van der Waals surface area contributed by atoms with Gasteiger partial charge in [0, 0.05) is 49.3 Å². The molecule has 1 aliphatic rings. The van der Waals surface area contributed by atoms with Crippen molar-refractivity contribution < 1.29 is 14.3 Å². The van der Waals surface area contributed by atoms with Crippen molar-refractivity contribution in [1.82, 2.24) is 15.1 Å². The summed E-state index contributed by atoms with van der Waals surface area (Å²) in [6, 6.07) is 9.94. The van der Waals surface area contributed by atoms with Gasteiger partial charge in [0.2, 0.25) is 5.91 Å². The fourth-order valence-corrected chi connectivity index (χ4v) is 3.89. The van der Waals surface area contributed by atoms with Crippen LogP contribution in [0.1, 0.15) is 33.6 Å². The first-order chi connectivity index (χ1) is 13.2. The Bertz CT molecular complexity index is 626. The van der Waals surface area contributed by atoms with Crippen molar-refractivity contribution in [2.24, 2.45) is 0 Å². The van der Waals surface area contributed by atoms with Gasteiger partial charge in [-0.05, 0) is 46.4 Å². The number of carbonyl (C=O) groups excluding carboxylic acids is 2. The molecule has 2 rings (SSSR count). The molecular weight excluding hydrogens is 374 g/mol. The quantitative estimate of drug-likeness (QED) is 0.703. The molecule has 1 fully saturated rings. The number of piperazine rings is 1. The lowest BCUT2D eigenvalue weighted by Crippen LogP contribution is -2.47. The van der Waals surface area contributed by atoms with Crippen molar-refractivity contribution in [3.8, 4) is 0 Å². The van der Waals surface area contributed by atoms with E-state index >= 15 is 0 Å². The molecule has 1 aromatic rings. The fraction of sp³-hybridized carbons (Fsp3) is 0.619. The maximum Gasteiger partial charge on any atom is 0.407 e. The van der Waals surface area contributed by atoms with Crippen molar-refractivity contribution in [3.63, 3.8) is 0 Å². The Morgan fingerprint density at radius 1 is 1.14 bits per heavy atom. The highest BCUT2D eigenvalue weighted by molar-refractivity contribution is 7.99. The van der Waals surface area contributed by atoms with Gasteiger partial charge >= 0.3 is 6.09 Å². The second-order valence-electron chi connectivity index (χ2n) is 8.19. The molecule has 156 valence electrons. The van der Waals surface area contributed by atoms with Crippen LogP contribution in [-0.4, -0.2) is 72.4 Å². The topological polar surface area (TPSA) is 61.9 Å². The Labute approximate surface area is 173 Å². The molecule has 1 saturated heterocycles. The van der Waals surface area contributed by atoms with Gasteiger partial charge in [-0.1, -0.05) is 18.2 Å². The highest BCUT2D eigenvalue weighted by Crippen LogP contribution is 2.20. The monoisotopic (exact) mass is 407 g/mol. The van der Waals surface area contributed by atoms with Crippen LogP contribution in [0.3, 0.4) is 0 Å². The third-order valence-corrected chi connectivity index (χ3v) is 5.65. The van der Waals surface area contributed by atoms with Crippen molar-refractivity contribution in [3.05, 3.63) is 30.3 Å². The largest absolute Gasteiger partial charge is 0.444 e. The first-order valence-electron chi connectivity index (χ1n) is 9.86. The van der Waals surface area contributed by atoms with Gasteiger partial charge in [-0.2, -0.15) is 0 Å². The summed E-state index contributed by atoms with van der Waals surface area (Å²) in [5.41, 5.74) is -0.545. The van der Waals surface area contributed by atoms with Crippen LogP contribution < -0.4 is 5.32 Å². The number of rotatable bonds is 7. The minimum Gasteiger partial charge on any atom is -0.444 e. The molecule has 0 bridgehead atoms. The SMILES string of the molecule is CN1CCN(C(=O)CC[C@H](CSc2ccccc2)NC(=O)OC(C)(C)C)CC1. The van der Waals surface area contributed by atoms with Gasteiger partial charge in [0.25, 0.3) is 0 Å². The van der Waals surface area contributed by atoms with Crippen molar-refractivity contribution in [2.45, 2.75) is 50.2 Å². The van der Waals surface area contributed by atoms with Crippen LogP contribution in [0.2, 0.25) is 0 Å². The van der Waals surface area contributed by atoms with E-state index in [0.29, 0.717) is 18.6 Å². The Kier molecular flexibility index (Phi) is 8.63. The molecule has 28 heavy (non-hydrogen) atoms. The summed E-state index contributed by atoms with van der Waals surface area (Å²) in [7, 11) is 2.07. The zero-order chi connectivity index (χ0) is 20.6. The molecule has 0 spiro atoms. The van der Waals surface area contributed by atoms with E-state index in [1.54, 1.807) is 11.8 Å². The zero-order valence-electron chi connectivity index (χ0n) is 17.4. The minimum atomic E-state index is -0.545. The Balaban J connectivity index is 1.88. The molecule has 2 amide bonds. The summed E-state index contributed by atoms with van der Waals surface area (Å²) in [5.74, 6) is 0.855. The van der Waals surface area contributed by atoms with Crippen LogP contribution in [-0.2, 0) is 9.53 Å². The van der Waals surface area contributed by atoms with Gasteiger partial charge in [-0.3, -0.25) is 4.79 Å². The summed E-state index contributed by atoms with van der Waals surface area (Å²) < 4.78 is 5.40. The van der Waals surface area contributed by atoms with Gasteiger partial charge in [0.1, 0.15) is 5.60 Å². The number of thioether (sulfide) groups is 1. The molecule has 0 unspecified atom stereocenters. The summed E-state index contributed by atoms with van der Waals surface area (Å²) >= 11 is 1.67. The fourth-order valence-electron chi connectivity index (χ4n) is 2.90. The number of amides is 2. The van der Waals surface area contributed by atoms with Crippen LogP contribution in [0.15, 0.2) is 35.2 Å². The maximum atomic E-state index is 12.6. The van der Waals surface area contributed by atoms with E-state index in [0.717, 1.165) is 31.1 Å². The molecule has 0 saturated carbocycles. The number of ether oxygens (including phenoxy) is 1. The zero-order valence-corrected chi connectivity index (χ0v) is 18.3. The van der Waals surface area contributed by atoms with Crippen LogP contribution in [0, 0.1) is 0 Å². The van der Waals surface area contributed by atoms with E-state index < -0.39 is 11.7 Å². The first kappa shape index (κ1) is 22.6. The molecule has 1 atom stereocenters. The highest BCUT2D eigenvalue weighted by atomic mass is 32.2. The molecule has 6 nitrogen and oxygen atoms in total. The van der Waals surface area contributed by atoms with Crippen molar-refractivity contribution in [1.29, 1.82) is 0 Å². The van der Waals surface area contributed by atoms with Crippen LogP contribution >= 0.6 is 11.8 Å². The third-order valence-electron chi connectivity index (χ3n) is 4.48. The number of alkyl carbamates (subject to hydrolysis) is 1. The van der Waals surface area contributed by atoms with E-state index in [-0.39, 0.29) is 11.9 Å². The molecule has 0 aliphatic carbocycles. The van der Waals surface area contributed by atoms with Gasteiger partial charge in [0.15, 0.2) is 0 Å². The number of benzene rings is 1. The second kappa shape index (κ2) is 10.7. The lowest BCUT2D eigenvalue weighted by Gasteiger charge is -2.32. The van der Waals surface area contributed by atoms with E-state index in [2.05, 4.69) is 17.3 Å². The Morgan fingerprint density at radius 2 is 1.79 bits per heavy atom. The number of carbonyl (C=O) groups is 2. The molecule has 1 aromatic carbocycles. The summed E-state index contributed by atoms with van der Waals surface area (Å²) in [4.78, 5) is 30.1. The Morgan fingerprint density at radius 3 is 2.39 bits per heavy atom. The van der Waals surface area contributed by atoms with Gasteiger partial charge < -0.3 is 19.9 Å². The molecule has 1 aliphatic heterocycles. The standard InChI is InChI=1S/C21H33N3O3S/c1-21(2,3)27-20(26)22-17(16-28-18-8-6-5-7-9-18)10-11-19(25)24-14-12-23(4)13-15-24/h5-9,17H,10-16H2,1-4H3,(H,22,26)/t17-/m1/s1. The van der Waals surface area contributed by atoms with E-state index in [4.69, 9.17) is 4.74 Å². The smallest absolute Gasteiger partial charge is 0.407 e.